The molecule has 1 fully saturated rings. The minimum absolute atomic E-state index is 0.0874. The minimum atomic E-state index is -0.0874. The zero-order chi connectivity index (χ0) is 17.4. The van der Waals surface area contributed by atoms with Gasteiger partial charge in [-0.1, -0.05) is 32.0 Å². The monoisotopic (exact) mass is 333 g/mol. The molecule has 0 bridgehead atoms. The van der Waals surface area contributed by atoms with Crippen molar-refractivity contribution in [3.05, 3.63) is 29.8 Å². The second-order valence-electron chi connectivity index (χ2n) is 6.99. The van der Waals surface area contributed by atoms with Crippen molar-refractivity contribution >= 4 is 5.96 Å². The van der Waals surface area contributed by atoms with E-state index >= 15 is 0 Å². The summed E-state index contributed by atoms with van der Waals surface area (Å²) in [4.78, 5) is 4.30. The van der Waals surface area contributed by atoms with Crippen molar-refractivity contribution in [2.24, 2.45) is 10.9 Å². The molecule has 1 heterocycles. The number of ether oxygens (including phenoxy) is 2. The molecular weight excluding hydrogens is 302 g/mol. The quantitative estimate of drug-likeness (QED) is 0.595. The van der Waals surface area contributed by atoms with Gasteiger partial charge in [0.1, 0.15) is 5.75 Å². The van der Waals surface area contributed by atoms with Gasteiger partial charge in [-0.05, 0) is 31.7 Å². The molecule has 0 aromatic heterocycles. The number of para-hydroxylation sites is 1. The van der Waals surface area contributed by atoms with E-state index in [0.717, 1.165) is 49.9 Å². The molecule has 0 spiro atoms. The van der Waals surface area contributed by atoms with Gasteiger partial charge in [0.05, 0.1) is 12.2 Å². The van der Waals surface area contributed by atoms with E-state index in [1.807, 2.05) is 18.2 Å². The van der Waals surface area contributed by atoms with E-state index in [1.54, 1.807) is 7.05 Å². The summed E-state index contributed by atoms with van der Waals surface area (Å²) < 4.78 is 11.7. The second kappa shape index (κ2) is 8.92. The SMILES string of the molecule is CN=C(NCc1ccccc1OCC(C)C)NCC1(C)CCCO1. The maximum Gasteiger partial charge on any atom is 0.191 e. The maximum absolute atomic E-state index is 5.90. The summed E-state index contributed by atoms with van der Waals surface area (Å²) in [5, 5.41) is 6.72. The van der Waals surface area contributed by atoms with E-state index in [4.69, 9.17) is 9.47 Å². The van der Waals surface area contributed by atoms with Crippen LogP contribution in [-0.2, 0) is 11.3 Å². The number of benzene rings is 1. The Morgan fingerprint density at radius 3 is 2.79 bits per heavy atom. The molecule has 1 aliphatic heterocycles. The van der Waals surface area contributed by atoms with Crippen LogP contribution >= 0.6 is 0 Å². The lowest BCUT2D eigenvalue weighted by Gasteiger charge is -2.24. The third-order valence-corrected chi connectivity index (χ3v) is 4.14. The number of hydrogen-bond donors (Lipinski definition) is 2. The van der Waals surface area contributed by atoms with Crippen LogP contribution in [0.4, 0.5) is 0 Å². The highest BCUT2D eigenvalue weighted by atomic mass is 16.5. The highest BCUT2D eigenvalue weighted by Crippen LogP contribution is 2.23. The van der Waals surface area contributed by atoms with Crippen LogP contribution < -0.4 is 15.4 Å². The summed E-state index contributed by atoms with van der Waals surface area (Å²) >= 11 is 0. The molecule has 0 radical (unpaired) electrons. The molecule has 0 aliphatic carbocycles. The van der Waals surface area contributed by atoms with Crippen molar-refractivity contribution < 1.29 is 9.47 Å². The van der Waals surface area contributed by atoms with Gasteiger partial charge in [-0.2, -0.15) is 0 Å². The molecule has 1 aliphatic rings. The summed E-state index contributed by atoms with van der Waals surface area (Å²) in [6, 6.07) is 8.13. The molecule has 2 N–H and O–H groups in total. The molecule has 1 aromatic rings. The topological polar surface area (TPSA) is 54.9 Å². The van der Waals surface area contributed by atoms with E-state index in [9.17, 15) is 0 Å². The summed E-state index contributed by atoms with van der Waals surface area (Å²) in [5.74, 6) is 2.22. The van der Waals surface area contributed by atoms with E-state index < -0.39 is 0 Å². The summed E-state index contributed by atoms with van der Waals surface area (Å²) in [5.41, 5.74) is 1.04. The average Bonchev–Trinajstić information content (AvgIpc) is 3.01. The predicted octanol–water partition coefficient (Wildman–Crippen LogP) is 2.96. The molecular formula is C19H31N3O2. The van der Waals surface area contributed by atoms with Crippen molar-refractivity contribution in [3.63, 3.8) is 0 Å². The summed E-state index contributed by atoms with van der Waals surface area (Å²) in [7, 11) is 1.79. The van der Waals surface area contributed by atoms with Crippen molar-refractivity contribution in [2.75, 3.05) is 26.8 Å². The Kier molecular flexibility index (Phi) is 6.91. The molecule has 1 aromatic carbocycles. The molecule has 1 unspecified atom stereocenters. The zero-order valence-electron chi connectivity index (χ0n) is 15.4. The van der Waals surface area contributed by atoms with Gasteiger partial charge < -0.3 is 20.1 Å². The molecule has 134 valence electrons. The molecule has 1 atom stereocenters. The molecule has 5 nitrogen and oxygen atoms in total. The number of nitrogens with zero attached hydrogens (tertiary/aromatic N) is 1. The number of hydrogen-bond acceptors (Lipinski definition) is 3. The Balaban J connectivity index is 1.86. The van der Waals surface area contributed by atoms with Gasteiger partial charge in [-0.15, -0.1) is 0 Å². The first-order chi connectivity index (χ1) is 11.5. The minimum Gasteiger partial charge on any atom is -0.493 e. The number of rotatable bonds is 7. The van der Waals surface area contributed by atoms with E-state index in [1.165, 1.54) is 0 Å². The second-order valence-corrected chi connectivity index (χ2v) is 6.99. The lowest BCUT2D eigenvalue weighted by molar-refractivity contribution is 0.0243. The first-order valence-electron chi connectivity index (χ1n) is 8.81. The zero-order valence-corrected chi connectivity index (χ0v) is 15.4. The van der Waals surface area contributed by atoms with Crippen LogP contribution in [0.2, 0.25) is 0 Å². The van der Waals surface area contributed by atoms with E-state index in [0.29, 0.717) is 12.5 Å². The Bertz CT molecular complexity index is 537. The van der Waals surface area contributed by atoms with Gasteiger partial charge >= 0.3 is 0 Å². The first kappa shape index (κ1) is 18.6. The highest BCUT2D eigenvalue weighted by Gasteiger charge is 2.29. The predicted molar refractivity (Wildman–Crippen MR) is 98.6 cm³/mol. The van der Waals surface area contributed by atoms with Crippen LogP contribution in [0.3, 0.4) is 0 Å². The lowest BCUT2D eigenvalue weighted by Crippen LogP contribution is -2.45. The van der Waals surface area contributed by atoms with Crippen LogP contribution in [0.5, 0.6) is 5.75 Å². The number of nitrogens with one attached hydrogen (secondary N) is 2. The largest absolute Gasteiger partial charge is 0.493 e. The fraction of sp³-hybridized carbons (Fsp3) is 0.632. The van der Waals surface area contributed by atoms with Gasteiger partial charge in [0.25, 0.3) is 0 Å². The Hall–Kier alpha value is -1.75. The normalized spacial score (nSPS) is 21.1. The third-order valence-electron chi connectivity index (χ3n) is 4.14. The average molecular weight is 333 g/mol. The summed E-state index contributed by atoms with van der Waals surface area (Å²) in [6.45, 7) is 9.46. The number of guanidine groups is 1. The highest BCUT2D eigenvalue weighted by molar-refractivity contribution is 5.79. The van der Waals surface area contributed by atoms with Crippen LogP contribution in [0.15, 0.2) is 29.3 Å². The molecule has 24 heavy (non-hydrogen) atoms. The standard InChI is InChI=1S/C19H31N3O2/c1-15(2)13-23-17-9-6-5-8-16(17)12-21-18(20-4)22-14-19(3)10-7-11-24-19/h5-6,8-9,15H,7,10-14H2,1-4H3,(H2,20,21,22). The Morgan fingerprint density at radius 1 is 1.33 bits per heavy atom. The van der Waals surface area contributed by atoms with Gasteiger partial charge in [0.2, 0.25) is 0 Å². The van der Waals surface area contributed by atoms with Crippen LogP contribution in [0.1, 0.15) is 39.2 Å². The van der Waals surface area contributed by atoms with Crippen molar-refractivity contribution in [1.29, 1.82) is 0 Å². The van der Waals surface area contributed by atoms with Crippen LogP contribution in [-0.4, -0.2) is 38.4 Å². The Labute approximate surface area is 145 Å². The molecule has 2 rings (SSSR count). The van der Waals surface area contributed by atoms with Gasteiger partial charge in [-0.3, -0.25) is 4.99 Å². The van der Waals surface area contributed by atoms with Crippen molar-refractivity contribution in [3.8, 4) is 5.75 Å². The van der Waals surface area contributed by atoms with Crippen molar-refractivity contribution in [2.45, 2.75) is 45.8 Å². The van der Waals surface area contributed by atoms with Gasteiger partial charge in [-0.25, -0.2) is 0 Å². The van der Waals surface area contributed by atoms with Gasteiger partial charge in [0.15, 0.2) is 5.96 Å². The fourth-order valence-electron chi connectivity index (χ4n) is 2.69. The molecule has 0 amide bonds. The number of aliphatic imine (C=N–C) groups is 1. The Morgan fingerprint density at radius 2 is 2.12 bits per heavy atom. The van der Waals surface area contributed by atoms with Crippen molar-refractivity contribution in [1.82, 2.24) is 10.6 Å². The maximum atomic E-state index is 5.90. The van der Waals surface area contributed by atoms with Crippen LogP contribution in [0, 0.1) is 5.92 Å². The van der Waals surface area contributed by atoms with Crippen LogP contribution in [0.25, 0.3) is 0 Å². The van der Waals surface area contributed by atoms with E-state index in [-0.39, 0.29) is 5.60 Å². The molecule has 5 heteroatoms. The molecule has 1 saturated heterocycles. The third kappa shape index (κ3) is 5.71. The van der Waals surface area contributed by atoms with E-state index in [2.05, 4.69) is 42.5 Å². The summed E-state index contributed by atoms with van der Waals surface area (Å²) in [6.07, 6.45) is 2.22. The smallest absolute Gasteiger partial charge is 0.191 e. The fourth-order valence-corrected chi connectivity index (χ4v) is 2.69. The van der Waals surface area contributed by atoms with Gasteiger partial charge in [0, 0.05) is 32.3 Å². The first-order valence-corrected chi connectivity index (χ1v) is 8.81. The molecule has 0 saturated carbocycles. The lowest BCUT2D eigenvalue weighted by atomic mass is 10.0.